The van der Waals surface area contributed by atoms with Crippen molar-refractivity contribution in [3.8, 4) is 5.75 Å². The molecule has 7 nitrogen and oxygen atoms in total. The molecular weight excluding hydrogens is 362 g/mol. The van der Waals surface area contributed by atoms with Gasteiger partial charge in [-0.1, -0.05) is 43.3 Å². The van der Waals surface area contributed by atoms with E-state index in [9.17, 15) is 4.79 Å². The molecular formula is C19H21N5O2S. The van der Waals surface area contributed by atoms with Gasteiger partial charge in [0.15, 0.2) is 5.78 Å². The molecule has 0 saturated heterocycles. The molecule has 0 spiro atoms. The summed E-state index contributed by atoms with van der Waals surface area (Å²) in [5.74, 6) is 0.703. The minimum atomic E-state index is -0.0873. The zero-order valence-corrected chi connectivity index (χ0v) is 16.0. The Morgan fingerprint density at radius 1 is 1.22 bits per heavy atom. The topological polar surface area (TPSA) is 87.1 Å². The number of benzene rings is 2. The molecule has 3 N–H and O–H groups in total. The predicted octanol–water partition coefficient (Wildman–Crippen LogP) is 3.33. The maximum atomic E-state index is 12.5. The summed E-state index contributed by atoms with van der Waals surface area (Å²) in [7, 11) is 1.58. The zero-order valence-electron chi connectivity index (χ0n) is 15.2. The number of Topliss-reactive ketones (excluding diaryl/α,β-unsaturated/α-hetero) is 1. The number of carbonyl (C=O) groups is 1. The van der Waals surface area contributed by atoms with Crippen molar-refractivity contribution in [2.24, 2.45) is 0 Å². The van der Waals surface area contributed by atoms with E-state index in [2.05, 4.69) is 17.4 Å². The SMILES string of the molecule is CCc1ccc(C(=O)Cn2nc(N)n(Nc3ccccc3OC)c2=S)cc1. The molecule has 3 aromatic rings. The first kappa shape index (κ1) is 18.7. The Bertz CT molecular complexity index is 1010. The maximum Gasteiger partial charge on any atom is 0.240 e. The van der Waals surface area contributed by atoms with Crippen molar-refractivity contribution in [2.75, 3.05) is 18.3 Å². The van der Waals surface area contributed by atoms with Gasteiger partial charge in [-0.25, -0.2) is 4.68 Å². The van der Waals surface area contributed by atoms with Gasteiger partial charge in [0, 0.05) is 5.56 Å². The number of carbonyl (C=O) groups excluding carboxylic acids is 1. The van der Waals surface area contributed by atoms with Gasteiger partial charge in [-0.05, 0) is 36.3 Å². The van der Waals surface area contributed by atoms with Crippen molar-refractivity contribution >= 4 is 29.6 Å². The van der Waals surface area contributed by atoms with Crippen LogP contribution in [0.5, 0.6) is 5.75 Å². The summed E-state index contributed by atoms with van der Waals surface area (Å²) in [5.41, 5.74) is 11.5. The van der Waals surface area contributed by atoms with Crippen molar-refractivity contribution in [2.45, 2.75) is 19.9 Å². The lowest BCUT2D eigenvalue weighted by Gasteiger charge is -2.11. The molecule has 0 radical (unpaired) electrons. The Labute approximate surface area is 162 Å². The number of ether oxygens (including phenoxy) is 1. The predicted molar refractivity (Wildman–Crippen MR) is 108 cm³/mol. The number of aryl methyl sites for hydroxylation is 1. The van der Waals surface area contributed by atoms with Crippen LogP contribution < -0.4 is 15.9 Å². The first-order valence-corrected chi connectivity index (χ1v) is 8.91. The number of hydrogen-bond donors (Lipinski definition) is 2. The second kappa shape index (κ2) is 8.05. The number of nitrogens with one attached hydrogen (secondary N) is 1. The fourth-order valence-corrected chi connectivity index (χ4v) is 2.89. The van der Waals surface area contributed by atoms with Crippen LogP contribution in [0.15, 0.2) is 48.5 Å². The van der Waals surface area contributed by atoms with Crippen molar-refractivity contribution in [3.63, 3.8) is 0 Å². The van der Waals surface area contributed by atoms with Crippen LogP contribution in [-0.2, 0) is 13.0 Å². The average Bonchev–Trinajstić information content (AvgIpc) is 2.95. The van der Waals surface area contributed by atoms with E-state index in [1.165, 1.54) is 14.9 Å². The Morgan fingerprint density at radius 3 is 2.59 bits per heavy atom. The third-order valence-corrected chi connectivity index (χ3v) is 4.57. The molecule has 140 valence electrons. The number of nitrogens with zero attached hydrogens (tertiary/aromatic N) is 3. The minimum absolute atomic E-state index is 0.00904. The Hall–Kier alpha value is -3.13. The highest BCUT2D eigenvalue weighted by atomic mass is 32.1. The third-order valence-electron chi connectivity index (χ3n) is 4.18. The fourth-order valence-electron chi connectivity index (χ4n) is 2.64. The van der Waals surface area contributed by atoms with Crippen molar-refractivity contribution in [1.82, 2.24) is 14.5 Å². The summed E-state index contributed by atoms with van der Waals surface area (Å²) in [4.78, 5) is 12.5. The third kappa shape index (κ3) is 4.01. The van der Waals surface area contributed by atoms with Crippen molar-refractivity contribution < 1.29 is 9.53 Å². The number of nitrogen functional groups attached to an aromatic ring is 1. The van der Waals surface area contributed by atoms with Gasteiger partial charge in [0.2, 0.25) is 10.7 Å². The van der Waals surface area contributed by atoms with E-state index in [-0.39, 0.29) is 23.0 Å². The molecule has 0 aliphatic rings. The highest BCUT2D eigenvalue weighted by Gasteiger charge is 2.14. The van der Waals surface area contributed by atoms with Crippen molar-refractivity contribution in [1.29, 1.82) is 0 Å². The number of methoxy groups -OCH3 is 1. The van der Waals surface area contributed by atoms with Gasteiger partial charge < -0.3 is 10.5 Å². The van der Waals surface area contributed by atoms with Crippen LogP contribution in [0.2, 0.25) is 0 Å². The summed E-state index contributed by atoms with van der Waals surface area (Å²) in [5, 5.41) is 4.19. The Balaban J connectivity index is 1.82. The second-order valence-electron chi connectivity index (χ2n) is 5.92. The number of nitrogens with two attached hydrogens (primary N) is 1. The molecule has 3 rings (SSSR count). The monoisotopic (exact) mass is 383 g/mol. The van der Waals surface area contributed by atoms with Crippen LogP contribution >= 0.6 is 12.2 Å². The van der Waals surface area contributed by atoms with E-state index in [0.717, 1.165) is 6.42 Å². The molecule has 0 bridgehead atoms. The molecule has 0 fully saturated rings. The molecule has 0 aliphatic heterocycles. The quantitative estimate of drug-likeness (QED) is 0.481. The second-order valence-corrected chi connectivity index (χ2v) is 6.28. The number of rotatable bonds is 7. The van der Waals surface area contributed by atoms with Crippen LogP contribution in [0.25, 0.3) is 0 Å². The molecule has 0 unspecified atom stereocenters. The number of para-hydroxylation sites is 2. The first-order chi connectivity index (χ1) is 13.0. The molecule has 0 amide bonds. The van der Waals surface area contributed by atoms with Gasteiger partial charge in [0.25, 0.3) is 0 Å². The normalized spacial score (nSPS) is 10.6. The zero-order chi connectivity index (χ0) is 19.4. The molecule has 1 aromatic heterocycles. The van der Waals surface area contributed by atoms with E-state index in [4.69, 9.17) is 22.7 Å². The van der Waals surface area contributed by atoms with Gasteiger partial charge in [0.1, 0.15) is 12.3 Å². The molecule has 0 saturated carbocycles. The highest BCUT2D eigenvalue weighted by molar-refractivity contribution is 7.71. The maximum absolute atomic E-state index is 12.5. The summed E-state index contributed by atoms with van der Waals surface area (Å²) >= 11 is 5.43. The summed E-state index contributed by atoms with van der Waals surface area (Å²) in [6.45, 7) is 2.08. The lowest BCUT2D eigenvalue weighted by molar-refractivity contribution is 0.0967. The number of hydrogen-bond acceptors (Lipinski definition) is 6. The molecule has 27 heavy (non-hydrogen) atoms. The Kier molecular flexibility index (Phi) is 5.56. The van der Waals surface area contributed by atoms with Gasteiger partial charge in [0.05, 0.1) is 12.8 Å². The van der Waals surface area contributed by atoms with Gasteiger partial charge in [-0.2, -0.15) is 4.68 Å². The highest BCUT2D eigenvalue weighted by Crippen LogP contribution is 2.23. The average molecular weight is 383 g/mol. The van der Waals surface area contributed by atoms with Crippen LogP contribution in [0.3, 0.4) is 0 Å². The fraction of sp³-hybridized carbons (Fsp3) is 0.211. The molecule has 2 aromatic carbocycles. The minimum Gasteiger partial charge on any atom is -0.495 e. The number of aromatic nitrogens is 3. The molecule has 8 heteroatoms. The van der Waals surface area contributed by atoms with Crippen LogP contribution in [0.1, 0.15) is 22.8 Å². The van der Waals surface area contributed by atoms with E-state index in [1.54, 1.807) is 7.11 Å². The number of ketones is 1. The lowest BCUT2D eigenvalue weighted by Crippen LogP contribution is -2.15. The van der Waals surface area contributed by atoms with E-state index in [0.29, 0.717) is 17.0 Å². The van der Waals surface area contributed by atoms with Crippen LogP contribution in [-0.4, -0.2) is 27.3 Å². The largest absolute Gasteiger partial charge is 0.495 e. The van der Waals surface area contributed by atoms with E-state index >= 15 is 0 Å². The first-order valence-electron chi connectivity index (χ1n) is 8.51. The van der Waals surface area contributed by atoms with Crippen LogP contribution in [0, 0.1) is 4.77 Å². The molecule has 0 atom stereocenters. The van der Waals surface area contributed by atoms with Gasteiger partial charge in [-0.3, -0.25) is 10.2 Å². The summed E-state index contributed by atoms with van der Waals surface area (Å²) in [6, 6.07) is 14.9. The van der Waals surface area contributed by atoms with E-state index < -0.39 is 0 Å². The van der Waals surface area contributed by atoms with E-state index in [1.807, 2.05) is 48.5 Å². The van der Waals surface area contributed by atoms with Crippen molar-refractivity contribution in [3.05, 3.63) is 64.4 Å². The number of anilines is 2. The standard InChI is InChI=1S/C19H21N5O2S/c1-3-13-8-10-14(11-9-13)16(25)12-23-19(27)24(18(20)22-23)21-15-6-4-5-7-17(15)26-2/h4-11,21H,3,12H2,1-2H3,(H2,20,22). The lowest BCUT2D eigenvalue weighted by atomic mass is 10.1. The molecule has 0 aliphatic carbocycles. The Morgan fingerprint density at radius 2 is 1.93 bits per heavy atom. The van der Waals surface area contributed by atoms with Gasteiger partial charge >= 0.3 is 0 Å². The van der Waals surface area contributed by atoms with Gasteiger partial charge in [-0.15, -0.1) is 5.10 Å². The summed E-state index contributed by atoms with van der Waals surface area (Å²) in [6.07, 6.45) is 0.926. The molecule has 1 heterocycles. The summed E-state index contributed by atoms with van der Waals surface area (Å²) < 4.78 is 8.45. The van der Waals surface area contributed by atoms with Crippen LogP contribution in [0.4, 0.5) is 11.6 Å². The smallest absolute Gasteiger partial charge is 0.240 e.